The third-order valence-corrected chi connectivity index (χ3v) is 4.85. The molecule has 2 N–H and O–H groups in total. The van der Waals surface area contributed by atoms with Gasteiger partial charge < -0.3 is 15.2 Å². The second-order valence-corrected chi connectivity index (χ2v) is 6.68. The molecule has 0 radical (unpaired) electrons. The zero-order valence-electron chi connectivity index (χ0n) is 13.9. The Balaban J connectivity index is 1.85. The van der Waals surface area contributed by atoms with Crippen molar-refractivity contribution in [1.82, 2.24) is 15.2 Å². The number of carbonyl (C=O) groups excluding carboxylic acids is 1. The molecule has 1 unspecified atom stereocenters. The van der Waals surface area contributed by atoms with E-state index in [0.29, 0.717) is 5.69 Å². The Bertz CT molecular complexity index is 717. The fourth-order valence-corrected chi connectivity index (χ4v) is 3.44. The molecule has 0 saturated carbocycles. The van der Waals surface area contributed by atoms with Crippen LogP contribution in [0.3, 0.4) is 0 Å². The van der Waals surface area contributed by atoms with Gasteiger partial charge in [-0.15, -0.1) is 0 Å². The molecular formula is C18H25N3O. The van der Waals surface area contributed by atoms with Gasteiger partial charge in [-0.1, -0.05) is 6.07 Å². The van der Waals surface area contributed by atoms with Crippen LogP contribution >= 0.6 is 0 Å². The Morgan fingerprint density at radius 2 is 2.05 bits per heavy atom. The lowest BCUT2D eigenvalue weighted by Gasteiger charge is -2.30. The summed E-state index contributed by atoms with van der Waals surface area (Å²) in [6, 6.07) is 4.42. The van der Waals surface area contributed by atoms with Crippen molar-refractivity contribution in [2.24, 2.45) is 0 Å². The number of aromatic amines is 1. The molecule has 0 bridgehead atoms. The number of aromatic nitrogens is 1. The van der Waals surface area contributed by atoms with Crippen LogP contribution in [0.5, 0.6) is 0 Å². The van der Waals surface area contributed by atoms with Gasteiger partial charge in [0.1, 0.15) is 5.69 Å². The lowest BCUT2D eigenvalue weighted by molar-refractivity contribution is 0.0908. The van der Waals surface area contributed by atoms with Crippen LogP contribution in [0.4, 0.5) is 0 Å². The number of hydrogen-bond acceptors (Lipinski definition) is 2. The van der Waals surface area contributed by atoms with E-state index in [1.165, 1.54) is 16.7 Å². The first-order valence-electron chi connectivity index (χ1n) is 8.04. The number of rotatable bonds is 2. The van der Waals surface area contributed by atoms with E-state index in [9.17, 15) is 4.79 Å². The SMILES string of the molecule is Cc1cc(C)c2cc(C(=O)NC3CCCN(C)C3)[nH]c2c1C. The average Bonchev–Trinajstić information content (AvgIpc) is 2.91. The van der Waals surface area contributed by atoms with Gasteiger partial charge in [-0.2, -0.15) is 0 Å². The summed E-state index contributed by atoms with van der Waals surface area (Å²) in [5.74, 6) is 0.00736. The number of likely N-dealkylation sites (N-methyl/N-ethyl adjacent to an activating group) is 1. The maximum absolute atomic E-state index is 12.5. The Hall–Kier alpha value is -1.81. The van der Waals surface area contributed by atoms with E-state index in [4.69, 9.17) is 0 Å². The van der Waals surface area contributed by atoms with Gasteiger partial charge >= 0.3 is 0 Å². The first-order chi connectivity index (χ1) is 10.5. The molecule has 1 aromatic heterocycles. The quantitative estimate of drug-likeness (QED) is 0.896. The molecule has 3 rings (SSSR count). The highest BCUT2D eigenvalue weighted by Gasteiger charge is 2.21. The van der Waals surface area contributed by atoms with Crippen LogP contribution in [-0.4, -0.2) is 42.0 Å². The normalized spacial score (nSPS) is 19.5. The number of hydrogen-bond donors (Lipinski definition) is 2. The van der Waals surface area contributed by atoms with Gasteiger partial charge in [0.2, 0.25) is 0 Å². The van der Waals surface area contributed by atoms with Crippen LogP contribution < -0.4 is 5.32 Å². The Morgan fingerprint density at radius 3 is 2.77 bits per heavy atom. The molecule has 4 heteroatoms. The maximum Gasteiger partial charge on any atom is 0.267 e. The van der Waals surface area contributed by atoms with E-state index < -0.39 is 0 Å². The third kappa shape index (κ3) is 2.75. The molecule has 2 aromatic rings. The summed E-state index contributed by atoms with van der Waals surface area (Å²) in [7, 11) is 2.11. The summed E-state index contributed by atoms with van der Waals surface area (Å²) in [6.07, 6.45) is 2.21. The van der Waals surface area contributed by atoms with Crippen molar-refractivity contribution in [3.05, 3.63) is 34.5 Å². The fraction of sp³-hybridized carbons (Fsp3) is 0.500. The molecule has 1 fully saturated rings. The van der Waals surface area contributed by atoms with Crippen LogP contribution in [0.25, 0.3) is 10.9 Å². The van der Waals surface area contributed by atoms with Crippen molar-refractivity contribution < 1.29 is 4.79 Å². The van der Waals surface area contributed by atoms with E-state index in [0.717, 1.165) is 36.8 Å². The first kappa shape index (κ1) is 15.1. The minimum atomic E-state index is 0.00736. The monoisotopic (exact) mass is 299 g/mol. The van der Waals surface area contributed by atoms with Crippen LogP contribution in [0.15, 0.2) is 12.1 Å². The van der Waals surface area contributed by atoms with E-state index in [1.807, 2.05) is 6.07 Å². The lowest BCUT2D eigenvalue weighted by atomic mass is 10.0. The highest BCUT2D eigenvalue weighted by atomic mass is 16.1. The molecule has 1 atom stereocenters. The predicted molar refractivity (Wildman–Crippen MR) is 90.5 cm³/mol. The zero-order valence-corrected chi connectivity index (χ0v) is 13.9. The van der Waals surface area contributed by atoms with Gasteiger partial charge in [-0.05, 0) is 70.0 Å². The number of carbonyl (C=O) groups is 1. The summed E-state index contributed by atoms with van der Waals surface area (Å²) >= 11 is 0. The molecule has 1 saturated heterocycles. The summed E-state index contributed by atoms with van der Waals surface area (Å²) in [6.45, 7) is 8.37. The van der Waals surface area contributed by atoms with Crippen molar-refractivity contribution in [3.63, 3.8) is 0 Å². The zero-order chi connectivity index (χ0) is 15.9. The van der Waals surface area contributed by atoms with Gasteiger partial charge in [-0.3, -0.25) is 4.79 Å². The first-order valence-corrected chi connectivity index (χ1v) is 8.04. The van der Waals surface area contributed by atoms with Gasteiger partial charge in [-0.25, -0.2) is 0 Å². The van der Waals surface area contributed by atoms with E-state index in [-0.39, 0.29) is 11.9 Å². The van der Waals surface area contributed by atoms with Gasteiger partial charge in [0.15, 0.2) is 0 Å². The molecule has 1 aliphatic heterocycles. The number of amides is 1. The smallest absolute Gasteiger partial charge is 0.267 e. The van der Waals surface area contributed by atoms with Crippen molar-refractivity contribution in [2.75, 3.05) is 20.1 Å². The Kier molecular flexibility index (Phi) is 3.96. The predicted octanol–water partition coefficient (Wildman–Crippen LogP) is 2.92. The lowest BCUT2D eigenvalue weighted by Crippen LogP contribution is -2.46. The number of aryl methyl sites for hydroxylation is 3. The van der Waals surface area contributed by atoms with Crippen LogP contribution in [0.1, 0.15) is 40.0 Å². The van der Waals surface area contributed by atoms with Gasteiger partial charge in [0.25, 0.3) is 5.91 Å². The molecule has 0 aliphatic carbocycles. The number of nitrogens with one attached hydrogen (secondary N) is 2. The molecule has 0 spiro atoms. The van der Waals surface area contributed by atoms with Crippen LogP contribution in [0, 0.1) is 20.8 Å². The number of fused-ring (bicyclic) bond motifs is 1. The van der Waals surface area contributed by atoms with Crippen molar-refractivity contribution >= 4 is 16.8 Å². The Labute approximate surface area is 131 Å². The summed E-state index contributed by atoms with van der Waals surface area (Å²) in [4.78, 5) is 18.1. The van der Waals surface area contributed by atoms with Crippen LogP contribution in [-0.2, 0) is 0 Å². The average molecular weight is 299 g/mol. The molecule has 2 heterocycles. The van der Waals surface area contributed by atoms with Crippen molar-refractivity contribution in [2.45, 2.75) is 39.7 Å². The maximum atomic E-state index is 12.5. The largest absolute Gasteiger partial charge is 0.350 e. The number of H-pyrrole nitrogens is 1. The minimum Gasteiger partial charge on any atom is -0.350 e. The van der Waals surface area contributed by atoms with Gasteiger partial charge in [0.05, 0.1) is 0 Å². The Morgan fingerprint density at radius 1 is 1.27 bits per heavy atom. The van der Waals surface area contributed by atoms with Crippen molar-refractivity contribution in [3.8, 4) is 0 Å². The van der Waals surface area contributed by atoms with Gasteiger partial charge in [0, 0.05) is 23.5 Å². The van der Waals surface area contributed by atoms with E-state index >= 15 is 0 Å². The van der Waals surface area contributed by atoms with E-state index in [2.05, 4.69) is 49.1 Å². The molecule has 22 heavy (non-hydrogen) atoms. The summed E-state index contributed by atoms with van der Waals surface area (Å²) < 4.78 is 0. The number of piperidine rings is 1. The molecular weight excluding hydrogens is 274 g/mol. The second-order valence-electron chi connectivity index (χ2n) is 6.68. The molecule has 1 aromatic carbocycles. The summed E-state index contributed by atoms with van der Waals surface area (Å²) in [5, 5.41) is 4.32. The highest BCUT2D eigenvalue weighted by molar-refractivity contribution is 6.00. The standard InChI is InChI=1S/C18H25N3O/c1-11-8-12(2)15-9-16(20-17(15)13(11)3)18(22)19-14-6-5-7-21(4)10-14/h8-9,14,20H,5-7,10H2,1-4H3,(H,19,22). The fourth-order valence-electron chi connectivity index (χ4n) is 3.44. The molecule has 1 aliphatic rings. The minimum absolute atomic E-state index is 0.00736. The summed E-state index contributed by atoms with van der Waals surface area (Å²) in [5.41, 5.74) is 5.44. The number of nitrogens with zero attached hydrogens (tertiary/aromatic N) is 1. The second kappa shape index (κ2) is 5.76. The molecule has 4 nitrogen and oxygen atoms in total. The third-order valence-electron chi connectivity index (χ3n) is 4.85. The number of likely N-dealkylation sites (tertiary alicyclic amines) is 1. The van der Waals surface area contributed by atoms with Crippen molar-refractivity contribution in [1.29, 1.82) is 0 Å². The topological polar surface area (TPSA) is 48.1 Å². The van der Waals surface area contributed by atoms with E-state index in [1.54, 1.807) is 0 Å². The highest BCUT2D eigenvalue weighted by Crippen LogP contribution is 2.25. The molecule has 118 valence electrons. The van der Waals surface area contributed by atoms with Crippen LogP contribution in [0.2, 0.25) is 0 Å². The number of benzene rings is 1. The molecule has 1 amide bonds.